The third kappa shape index (κ3) is 6.26. The lowest BCUT2D eigenvalue weighted by atomic mass is 9.90. The molecule has 4 heteroatoms. The molecule has 1 aliphatic rings. The Balaban J connectivity index is 0.00000264. The smallest absolute Gasteiger partial charge is 0.0474 e. The molecule has 2 rings (SSSR count). The third-order valence-corrected chi connectivity index (χ3v) is 5.03. The van der Waals surface area contributed by atoms with Gasteiger partial charge in [-0.3, -0.25) is 0 Å². The molecule has 1 atom stereocenters. The fourth-order valence-electron chi connectivity index (χ4n) is 3.36. The van der Waals surface area contributed by atoms with Gasteiger partial charge in [-0.05, 0) is 42.0 Å². The maximum atomic E-state index is 5.99. The van der Waals surface area contributed by atoms with Crippen LogP contribution in [0.25, 0.3) is 0 Å². The summed E-state index contributed by atoms with van der Waals surface area (Å²) in [4.78, 5) is 5.04. The van der Waals surface area contributed by atoms with Crippen molar-refractivity contribution in [2.45, 2.75) is 39.0 Å². The van der Waals surface area contributed by atoms with Crippen molar-refractivity contribution in [2.75, 3.05) is 39.8 Å². The van der Waals surface area contributed by atoms with Crippen LogP contribution in [0.5, 0.6) is 0 Å². The lowest BCUT2D eigenvalue weighted by Crippen LogP contribution is -2.46. The summed E-state index contributed by atoms with van der Waals surface area (Å²) in [6.07, 6.45) is 1.17. The number of benzene rings is 1. The fourth-order valence-corrected chi connectivity index (χ4v) is 3.53. The van der Waals surface area contributed by atoms with Gasteiger partial charge in [0.05, 0.1) is 0 Å². The van der Waals surface area contributed by atoms with E-state index in [9.17, 15) is 0 Å². The molecule has 23 heavy (non-hydrogen) atoms. The van der Waals surface area contributed by atoms with Crippen LogP contribution in [-0.2, 0) is 12.3 Å². The van der Waals surface area contributed by atoms with Gasteiger partial charge in [-0.15, -0.1) is 24.0 Å². The molecule has 132 valence electrons. The Kier molecular flexibility index (Phi) is 8.92. The van der Waals surface area contributed by atoms with Crippen LogP contribution in [0.4, 0.5) is 0 Å². The second-order valence-corrected chi connectivity index (χ2v) is 7.50. The first-order valence-corrected chi connectivity index (χ1v) is 9.11. The van der Waals surface area contributed by atoms with Crippen molar-refractivity contribution in [3.05, 3.63) is 34.9 Å². The SMILES string of the molecule is CC(Cc1ccc(CCl)cc1C(C)C)CN1CCN(C)CC1.Cl. The van der Waals surface area contributed by atoms with Gasteiger partial charge < -0.3 is 9.80 Å². The molecular formula is C19H32Cl2N2. The van der Waals surface area contributed by atoms with Crippen LogP contribution >= 0.6 is 24.0 Å². The van der Waals surface area contributed by atoms with E-state index in [1.54, 1.807) is 0 Å². The maximum absolute atomic E-state index is 5.99. The van der Waals surface area contributed by atoms with Gasteiger partial charge in [0.25, 0.3) is 0 Å². The number of nitrogens with zero attached hydrogens (tertiary/aromatic N) is 2. The summed E-state index contributed by atoms with van der Waals surface area (Å²) in [6, 6.07) is 6.79. The second kappa shape index (κ2) is 9.88. The monoisotopic (exact) mass is 358 g/mol. The Morgan fingerprint density at radius 2 is 1.74 bits per heavy atom. The minimum absolute atomic E-state index is 0. The maximum Gasteiger partial charge on any atom is 0.0474 e. The highest BCUT2D eigenvalue weighted by Gasteiger charge is 2.17. The highest BCUT2D eigenvalue weighted by molar-refractivity contribution is 6.17. The number of hydrogen-bond donors (Lipinski definition) is 0. The Morgan fingerprint density at radius 1 is 1.09 bits per heavy atom. The van der Waals surface area contributed by atoms with E-state index in [1.165, 1.54) is 55.8 Å². The van der Waals surface area contributed by atoms with Crippen molar-refractivity contribution in [1.29, 1.82) is 0 Å². The van der Waals surface area contributed by atoms with Crippen LogP contribution in [-0.4, -0.2) is 49.6 Å². The molecular weight excluding hydrogens is 327 g/mol. The lowest BCUT2D eigenvalue weighted by Gasteiger charge is -2.34. The van der Waals surface area contributed by atoms with Crippen molar-refractivity contribution in [2.24, 2.45) is 5.92 Å². The molecule has 1 aromatic rings. The van der Waals surface area contributed by atoms with Gasteiger partial charge in [0.1, 0.15) is 0 Å². The fraction of sp³-hybridized carbons (Fsp3) is 0.684. The quantitative estimate of drug-likeness (QED) is 0.695. The van der Waals surface area contributed by atoms with Gasteiger partial charge in [0, 0.05) is 38.6 Å². The van der Waals surface area contributed by atoms with E-state index in [0.717, 1.165) is 0 Å². The van der Waals surface area contributed by atoms with Crippen molar-refractivity contribution in [1.82, 2.24) is 9.80 Å². The first kappa shape index (κ1) is 20.8. The highest BCUT2D eigenvalue weighted by Crippen LogP contribution is 2.24. The number of hydrogen-bond acceptors (Lipinski definition) is 2. The van der Waals surface area contributed by atoms with Crippen molar-refractivity contribution in [3.8, 4) is 0 Å². The topological polar surface area (TPSA) is 6.48 Å². The minimum Gasteiger partial charge on any atom is -0.304 e. The highest BCUT2D eigenvalue weighted by atomic mass is 35.5. The molecule has 0 aliphatic carbocycles. The molecule has 0 saturated carbocycles. The summed E-state index contributed by atoms with van der Waals surface area (Å²) in [5, 5.41) is 0. The average molecular weight is 359 g/mol. The largest absolute Gasteiger partial charge is 0.304 e. The second-order valence-electron chi connectivity index (χ2n) is 7.23. The zero-order chi connectivity index (χ0) is 16.1. The molecule has 1 unspecified atom stereocenters. The van der Waals surface area contributed by atoms with Crippen LogP contribution in [0.1, 0.15) is 43.4 Å². The molecule has 0 amide bonds. The molecule has 1 saturated heterocycles. The third-order valence-electron chi connectivity index (χ3n) is 4.72. The number of piperazine rings is 1. The first-order valence-electron chi connectivity index (χ1n) is 8.58. The summed E-state index contributed by atoms with van der Waals surface area (Å²) < 4.78 is 0. The molecule has 1 aliphatic heterocycles. The Bertz CT molecular complexity index is 468. The number of likely N-dealkylation sites (N-methyl/N-ethyl adjacent to an activating group) is 1. The van der Waals surface area contributed by atoms with E-state index >= 15 is 0 Å². The van der Waals surface area contributed by atoms with E-state index in [2.05, 4.69) is 55.8 Å². The average Bonchev–Trinajstić information content (AvgIpc) is 2.49. The van der Waals surface area contributed by atoms with Crippen molar-refractivity contribution < 1.29 is 0 Å². The van der Waals surface area contributed by atoms with E-state index < -0.39 is 0 Å². The summed E-state index contributed by atoms with van der Waals surface area (Å²) in [6.45, 7) is 13.0. The molecule has 0 aromatic heterocycles. The first-order chi connectivity index (χ1) is 10.5. The van der Waals surface area contributed by atoms with E-state index in [-0.39, 0.29) is 12.4 Å². The van der Waals surface area contributed by atoms with Crippen LogP contribution < -0.4 is 0 Å². The summed E-state index contributed by atoms with van der Waals surface area (Å²) in [5.41, 5.74) is 4.22. The number of alkyl halides is 1. The van der Waals surface area contributed by atoms with Gasteiger partial charge in [0.15, 0.2) is 0 Å². The minimum atomic E-state index is 0. The zero-order valence-corrected chi connectivity index (χ0v) is 16.6. The van der Waals surface area contributed by atoms with Gasteiger partial charge in [-0.1, -0.05) is 39.0 Å². The van der Waals surface area contributed by atoms with E-state index in [0.29, 0.717) is 17.7 Å². The predicted molar refractivity (Wildman–Crippen MR) is 104 cm³/mol. The van der Waals surface area contributed by atoms with Gasteiger partial charge in [-0.2, -0.15) is 0 Å². The Morgan fingerprint density at radius 3 is 2.30 bits per heavy atom. The Labute approximate surface area is 153 Å². The normalized spacial score (nSPS) is 18.0. The summed E-state index contributed by atoms with van der Waals surface area (Å²) in [5.74, 6) is 1.87. The van der Waals surface area contributed by atoms with Crippen molar-refractivity contribution >= 4 is 24.0 Å². The summed E-state index contributed by atoms with van der Waals surface area (Å²) in [7, 11) is 2.22. The van der Waals surface area contributed by atoms with Gasteiger partial charge >= 0.3 is 0 Å². The zero-order valence-electron chi connectivity index (χ0n) is 15.0. The Hall–Kier alpha value is -0.280. The molecule has 0 N–H and O–H groups in total. The van der Waals surface area contributed by atoms with E-state index in [4.69, 9.17) is 11.6 Å². The molecule has 2 nitrogen and oxygen atoms in total. The van der Waals surface area contributed by atoms with Crippen LogP contribution in [0.15, 0.2) is 18.2 Å². The molecule has 1 heterocycles. The molecule has 0 bridgehead atoms. The van der Waals surface area contributed by atoms with Crippen LogP contribution in [0, 0.1) is 5.92 Å². The standard InChI is InChI=1S/C19H31ClN2.ClH/c1-15(2)19-12-17(13-20)5-6-18(19)11-16(3)14-22-9-7-21(4)8-10-22;/h5-6,12,15-16H,7-11,13-14H2,1-4H3;1H. The molecule has 1 fully saturated rings. The number of halogens is 2. The van der Waals surface area contributed by atoms with E-state index in [1.807, 2.05) is 0 Å². The lowest BCUT2D eigenvalue weighted by molar-refractivity contribution is 0.138. The van der Waals surface area contributed by atoms with Crippen LogP contribution in [0.2, 0.25) is 0 Å². The molecule has 1 aromatic carbocycles. The molecule has 0 radical (unpaired) electrons. The molecule has 0 spiro atoms. The van der Waals surface area contributed by atoms with Crippen LogP contribution in [0.3, 0.4) is 0 Å². The van der Waals surface area contributed by atoms with Gasteiger partial charge in [-0.25, -0.2) is 0 Å². The number of rotatable bonds is 6. The van der Waals surface area contributed by atoms with Gasteiger partial charge in [0.2, 0.25) is 0 Å². The summed E-state index contributed by atoms with van der Waals surface area (Å²) >= 11 is 5.99. The predicted octanol–water partition coefficient (Wildman–Crippen LogP) is 4.40. The van der Waals surface area contributed by atoms with Crippen molar-refractivity contribution in [3.63, 3.8) is 0 Å².